The minimum Gasteiger partial charge on any atom is -0.396 e. The maximum absolute atomic E-state index is 8.77. The molecule has 0 aliphatic heterocycles. The van der Waals surface area contributed by atoms with Crippen LogP contribution in [-0.4, -0.2) is 11.7 Å². The molecule has 0 bridgehead atoms. The monoisotopic (exact) mass is 354 g/mol. The Morgan fingerprint density at radius 2 is 0.840 bits per heavy atom. The van der Waals surface area contributed by atoms with E-state index in [1.807, 2.05) is 0 Å². The lowest BCUT2D eigenvalue weighted by atomic mass is 9.90. The number of unbranched alkanes of at least 4 members (excludes halogenated alkanes) is 14. The van der Waals surface area contributed by atoms with Crippen molar-refractivity contribution in [3.8, 4) is 0 Å². The van der Waals surface area contributed by atoms with E-state index < -0.39 is 0 Å². The molecular formula is C24H50O. The SMILES string of the molecule is CCCCCCCCCCC(CCC)CCCCCCCCCCO. The Balaban J connectivity index is 3.42. The van der Waals surface area contributed by atoms with Gasteiger partial charge in [-0.15, -0.1) is 0 Å². The zero-order valence-corrected chi connectivity index (χ0v) is 17.9. The van der Waals surface area contributed by atoms with Crippen LogP contribution in [0.3, 0.4) is 0 Å². The highest BCUT2D eigenvalue weighted by atomic mass is 16.2. The van der Waals surface area contributed by atoms with Crippen LogP contribution in [0.2, 0.25) is 0 Å². The number of aliphatic hydroxyl groups is 1. The van der Waals surface area contributed by atoms with E-state index in [1.165, 1.54) is 122 Å². The third-order valence-corrected chi connectivity index (χ3v) is 5.68. The van der Waals surface area contributed by atoms with Gasteiger partial charge in [0.25, 0.3) is 0 Å². The molecule has 1 N–H and O–H groups in total. The van der Waals surface area contributed by atoms with Gasteiger partial charge in [0.05, 0.1) is 0 Å². The van der Waals surface area contributed by atoms with Gasteiger partial charge in [-0.3, -0.25) is 0 Å². The molecule has 1 heteroatoms. The van der Waals surface area contributed by atoms with E-state index in [1.54, 1.807) is 0 Å². The van der Waals surface area contributed by atoms with Gasteiger partial charge in [-0.05, 0) is 12.3 Å². The lowest BCUT2D eigenvalue weighted by molar-refractivity contribution is 0.282. The third-order valence-electron chi connectivity index (χ3n) is 5.68. The van der Waals surface area contributed by atoms with Crippen molar-refractivity contribution in [1.29, 1.82) is 0 Å². The quantitative estimate of drug-likeness (QED) is 0.205. The molecule has 0 radical (unpaired) electrons. The summed E-state index contributed by atoms with van der Waals surface area (Å²) < 4.78 is 0. The summed E-state index contributed by atoms with van der Waals surface area (Å²) >= 11 is 0. The molecule has 0 aromatic heterocycles. The summed E-state index contributed by atoms with van der Waals surface area (Å²) in [7, 11) is 0. The largest absolute Gasteiger partial charge is 0.396 e. The minimum atomic E-state index is 0.373. The molecule has 1 nitrogen and oxygen atoms in total. The molecule has 25 heavy (non-hydrogen) atoms. The van der Waals surface area contributed by atoms with Crippen LogP contribution in [0.5, 0.6) is 0 Å². The Morgan fingerprint density at radius 3 is 1.24 bits per heavy atom. The van der Waals surface area contributed by atoms with Crippen LogP contribution in [0.15, 0.2) is 0 Å². The highest BCUT2D eigenvalue weighted by Crippen LogP contribution is 2.23. The van der Waals surface area contributed by atoms with Crippen LogP contribution in [0.4, 0.5) is 0 Å². The van der Waals surface area contributed by atoms with E-state index in [4.69, 9.17) is 5.11 Å². The Morgan fingerprint density at radius 1 is 0.440 bits per heavy atom. The van der Waals surface area contributed by atoms with Crippen molar-refractivity contribution in [2.45, 2.75) is 142 Å². The Kier molecular flexibility index (Phi) is 22.0. The second kappa shape index (κ2) is 22.0. The summed E-state index contributed by atoms with van der Waals surface area (Å²) in [5.41, 5.74) is 0. The van der Waals surface area contributed by atoms with Gasteiger partial charge in [0.1, 0.15) is 0 Å². The van der Waals surface area contributed by atoms with Crippen LogP contribution in [0, 0.1) is 5.92 Å². The number of hydrogen-bond donors (Lipinski definition) is 1. The summed E-state index contributed by atoms with van der Waals surface area (Å²) in [5, 5.41) is 8.77. The standard InChI is InChI=1S/C24H50O/c1-3-5-6-7-8-11-14-17-21-24(20-4-2)22-18-15-12-9-10-13-16-19-23-25/h24-25H,3-23H2,1-2H3. The second-order valence-electron chi connectivity index (χ2n) is 8.26. The smallest absolute Gasteiger partial charge is 0.0431 e. The summed E-state index contributed by atoms with van der Waals surface area (Å²) in [6, 6.07) is 0. The van der Waals surface area contributed by atoms with Crippen LogP contribution in [-0.2, 0) is 0 Å². The zero-order chi connectivity index (χ0) is 18.4. The van der Waals surface area contributed by atoms with Crippen molar-refractivity contribution in [1.82, 2.24) is 0 Å². The van der Waals surface area contributed by atoms with E-state index in [-0.39, 0.29) is 0 Å². The normalized spacial score (nSPS) is 12.6. The van der Waals surface area contributed by atoms with Gasteiger partial charge in [0.15, 0.2) is 0 Å². The van der Waals surface area contributed by atoms with Gasteiger partial charge >= 0.3 is 0 Å². The van der Waals surface area contributed by atoms with E-state index in [0.29, 0.717) is 6.61 Å². The topological polar surface area (TPSA) is 20.2 Å². The van der Waals surface area contributed by atoms with Gasteiger partial charge in [-0.2, -0.15) is 0 Å². The lowest BCUT2D eigenvalue weighted by Crippen LogP contribution is -2.00. The van der Waals surface area contributed by atoms with Crippen molar-refractivity contribution in [2.24, 2.45) is 5.92 Å². The van der Waals surface area contributed by atoms with E-state index in [9.17, 15) is 0 Å². The average Bonchev–Trinajstić information content (AvgIpc) is 2.62. The molecule has 0 amide bonds. The molecule has 1 atom stereocenters. The Hall–Kier alpha value is -0.0400. The fourth-order valence-corrected chi connectivity index (χ4v) is 4.01. The van der Waals surface area contributed by atoms with Gasteiger partial charge in [0.2, 0.25) is 0 Å². The molecule has 1 unspecified atom stereocenters. The molecule has 0 rings (SSSR count). The maximum Gasteiger partial charge on any atom is 0.0431 e. The van der Waals surface area contributed by atoms with Crippen LogP contribution < -0.4 is 0 Å². The first-order valence-electron chi connectivity index (χ1n) is 12.0. The average molecular weight is 355 g/mol. The molecule has 0 aromatic rings. The van der Waals surface area contributed by atoms with Crippen molar-refractivity contribution < 1.29 is 5.11 Å². The van der Waals surface area contributed by atoms with E-state index in [2.05, 4.69) is 13.8 Å². The van der Waals surface area contributed by atoms with E-state index >= 15 is 0 Å². The first-order chi connectivity index (χ1) is 12.3. The molecule has 0 saturated heterocycles. The Labute approximate surface area is 160 Å². The zero-order valence-electron chi connectivity index (χ0n) is 17.9. The van der Waals surface area contributed by atoms with Gasteiger partial charge in [-0.25, -0.2) is 0 Å². The molecule has 0 saturated carbocycles. The summed E-state index contributed by atoms with van der Waals surface area (Å²) in [6.07, 6.45) is 28.0. The first kappa shape index (κ1) is 25.0. The van der Waals surface area contributed by atoms with Crippen molar-refractivity contribution in [2.75, 3.05) is 6.61 Å². The molecule has 0 spiro atoms. The molecule has 0 aliphatic carbocycles. The number of hydrogen-bond acceptors (Lipinski definition) is 1. The van der Waals surface area contributed by atoms with Crippen molar-refractivity contribution >= 4 is 0 Å². The highest BCUT2D eigenvalue weighted by molar-refractivity contribution is 4.61. The fraction of sp³-hybridized carbons (Fsp3) is 1.00. The summed E-state index contributed by atoms with van der Waals surface area (Å²) in [5.74, 6) is 1.01. The fourth-order valence-electron chi connectivity index (χ4n) is 4.01. The first-order valence-corrected chi connectivity index (χ1v) is 12.0. The van der Waals surface area contributed by atoms with Crippen LogP contribution >= 0.6 is 0 Å². The predicted molar refractivity (Wildman–Crippen MR) is 114 cm³/mol. The maximum atomic E-state index is 8.77. The summed E-state index contributed by atoms with van der Waals surface area (Å²) in [4.78, 5) is 0. The second-order valence-corrected chi connectivity index (χ2v) is 8.26. The third kappa shape index (κ3) is 20.1. The van der Waals surface area contributed by atoms with Gasteiger partial charge in [0, 0.05) is 6.61 Å². The molecule has 0 heterocycles. The minimum absolute atomic E-state index is 0.373. The van der Waals surface area contributed by atoms with Crippen LogP contribution in [0.25, 0.3) is 0 Å². The summed E-state index contributed by atoms with van der Waals surface area (Å²) in [6.45, 7) is 5.03. The predicted octanol–water partition coefficient (Wildman–Crippen LogP) is 8.44. The molecule has 0 fully saturated rings. The van der Waals surface area contributed by atoms with Crippen LogP contribution in [0.1, 0.15) is 142 Å². The van der Waals surface area contributed by atoms with E-state index in [0.717, 1.165) is 12.3 Å². The number of rotatable bonds is 21. The Bertz CT molecular complexity index is 226. The van der Waals surface area contributed by atoms with Gasteiger partial charge in [-0.1, -0.05) is 136 Å². The molecule has 0 aliphatic rings. The van der Waals surface area contributed by atoms with Crippen molar-refractivity contribution in [3.05, 3.63) is 0 Å². The molecule has 0 aromatic carbocycles. The highest BCUT2D eigenvalue weighted by Gasteiger charge is 2.07. The van der Waals surface area contributed by atoms with Crippen molar-refractivity contribution in [3.63, 3.8) is 0 Å². The lowest BCUT2D eigenvalue weighted by Gasteiger charge is -2.16. The molecule has 152 valence electrons. The number of aliphatic hydroxyl groups excluding tert-OH is 1. The molecular weight excluding hydrogens is 304 g/mol. The van der Waals surface area contributed by atoms with Gasteiger partial charge < -0.3 is 5.11 Å².